The first-order chi connectivity index (χ1) is 12.7. The van der Waals surface area contributed by atoms with Gasteiger partial charge in [0.05, 0.1) is 12.2 Å². The van der Waals surface area contributed by atoms with E-state index in [2.05, 4.69) is 61.6 Å². The standard InChI is InChI=1S/C20H25BrN4O/c1-2-22-20(23-13-15-7-9-17(26)10-8-15)24-16-11-12-25(14-16)19-6-4-3-5-18(19)21/h3-10,16,26H,2,11-14H2,1H3,(H2,22,23,24). The van der Waals surface area contributed by atoms with Gasteiger partial charge in [0.2, 0.25) is 0 Å². The average molecular weight is 417 g/mol. The Bertz CT molecular complexity index is 748. The van der Waals surface area contributed by atoms with E-state index in [1.54, 1.807) is 12.1 Å². The van der Waals surface area contributed by atoms with Crippen LogP contribution in [-0.4, -0.2) is 36.7 Å². The van der Waals surface area contributed by atoms with Crippen molar-refractivity contribution >= 4 is 27.6 Å². The van der Waals surface area contributed by atoms with Crippen LogP contribution in [0.3, 0.4) is 0 Å². The summed E-state index contributed by atoms with van der Waals surface area (Å²) < 4.78 is 1.13. The molecule has 1 saturated heterocycles. The van der Waals surface area contributed by atoms with E-state index in [0.717, 1.165) is 42.1 Å². The molecule has 1 unspecified atom stereocenters. The molecule has 1 fully saturated rings. The summed E-state index contributed by atoms with van der Waals surface area (Å²) in [5.74, 6) is 1.11. The highest BCUT2D eigenvalue weighted by Crippen LogP contribution is 2.28. The Morgan fingerprint density at radius 3 is 2.73 bits per heavy atom. The number of anilines is 1. The zero-order chi connectivity index (χ0) is 18.4. The third-order valence-electron chi connectivity index (χ3n) is 4.42. The second-order valence-corrected chi connectivity index (χ2v) is 7.24. The molecule has 0 amide bonds. The van der Waals surface area contributed by atoms with Crippen LogP contribution in [0, 0.1) is 0 Å². The number of hydrogen-bond acceptors (Lipinski definition) is 3. The first-order valence-corrected chi connectivity index (χ1v) is 9.77. The van der Waals surface area contributed by atoms with Crippen LogP contribution in [0.15, 0.2) is 58.0 Å². The van der Waals surface area contributed by atoms with E-state index >= 15 is 0 Å². The molecule has 1 aliphatic heterocycles. The molecule has 2 aromatic rings. The van der Waals surface area contributed by atoms with Crippen molar-refractivity contribution in [1.29, 1.82) is 0 Å². The molecular formula is C20H25BrN4O. The fourth-order valence-electron chi connectivity index (χ4n) is 3.09. The van der Waals surface area contributed by atoms with Gasteiger partial charge in [0, 0.05) is 30.1 Å². The molecule has 0 radical (unpaired) electrons. The van der Waals surface area contributed by atoms with E-state index in [4.69, 9.17) is 0 Å². The van der Waals surface area contributed by atoms with Gasteiger partial charge in [-0.1, -0.05) is 24.3 Å². The molecule has 5 nitrogen and oxygen atoms in total. The Labute approximate surface area is 163 Å². The number of para-hydroxylation sites is 1. The molecule has 6 heteroatoms. The summed E-state index contributed by atoms with van der Waals surface area (Å²) in [5.41, 5.74) is 2.31. The number of rotatable bonds is 5. The van der Waals surface area contributed by atoms with Gasteiger partial charge in [-0.15, -0.1) is 0 Å². The normalized spacial score (nSPS) is 17.4. The van der Waals surface area contributed by atoms with E-state index in [1.807, 2.05) is 18.2 Å². The number of nitrogens with one attached hydrogen (secondary N) is 2. The van der Waals surface area contributed by atoms with Gasteiger partial charge in [-0.05, 0) is 59.1 Å². The molecule has 1 atom stereocenters. The quantitative estimate of drug-likeness (QED) is 0.515. The van der Waals surface area contributed by atoms with Crippen molar-refractivity contribution in [2.75, 3.05) is 24.5 Å². The summed E-state index contributed by atoms with van der Waals surface area (Å²) in [6.07, 6.45) is 1.07. The number of aliphatic imine (C=N–C) groups is 1. The minimum atomic E-state index is 0.279. The minimum absolute atomic E-state index is 0.279. The van der Waals surface area contributed by atoms with Crippen LogP contribution >= 0.6 is 15.9 Å². The fraction of sp³-hybridized carbons (Fsp3) is 0.350. The van der Waals surface area contributed by atoms with Gasteiger partial charge >= 0.3 is 0 Å². The third kappa shape index (κ3) is 4.91. The SMILES string of the molecule is CCNC(=NCc1ccc(O)cc1)NC1CCN(c2ccccc2Br)C1. The number of hydrogen-bond donors (Lipinski definition) is 3. The second-order valence-electron chi connectivity index (χ2n) is 6.39. The van der Waals surface area contributed by atoms with Crippen molar-refractivity contribution in [2.24, 2.45) is 4.99 Å². The Hall–Kier alpha value is -2.21. The van der Waals surface area contributed by atoms with Crippen molar-refractivity contribution in [3.63, 3.8) is 0 Å². The lowest BCUT2D eigenvalue weighted by molar-refractivity contribution is 0.475. The summed E-state index contributed by atoms with van der Waals surface area (Å²) in [5, 5.41) is 16.2. The predicted octanol–water partition coefficient (Wildman–Crippen LogP) is 3.49. The molecule has 26 heavy (non-hydrogen) atoms. The van der Waals surface area contributed by atoms with Gasteiger partial charge < -0.3 is 20.6 Å². The third-order valence-corrected chi connectivity index (χ3v) is 5.09. The highest BCUT2D eigenvalue weighted by atomic mass is 79.9. The van der Waals surface area contributed by atoms with Crippen LogP contribution in [0.25, 0.3) is 0 Å². The number of phenolic OH excluding ortho intramolecular Hbond substituents is 1. The van der Waals surface area contributed by atoms with E-state index in [1.165, 1.54) is 5.69 Å². The highest BCUT2D eigenvalue weighted by Gasteiger charge is 2.24. The molecule has 3 N–H and O–H groups in total. The van der Waals surface area contributed by atoms with E-state index in [-0.39, 0.29) is 5.75 Å². The van der Waals surface area contributed by atoms with Crippen molar-refractivity contribution in [3.05, 3.63) is 58.6 Å². The summed E-state index contributed by atoms with van der Waals surface area (Å²) in [7, 11) is 0. The molecule has 2 aromatic carbocycles. The number of guanidine groups is 1. The molecule has 0 bridgehead atoms. The van der Waals surface area contributed by atoms with Crippen molar-refractivity contribution in [2.45, 2.75) is 25.9 Å². The zero-order valence-electron chi connectivity index (χ0n) is 15.0. The van der Waals surface area contributed by atoms with Crippen LogP contribution in [0.2, 0.25) is 0 Å². The maximum Gasteiger partial charge on any atom is 0.191 e. The summed E-state index contributed by atoms with van der Waals surface area (Å²) >= 11 is 3.64. The molecule has 0 spiro atoms. The summed E-state index contributed by atoms with van der Waals surface area (Å²) in [4.78, 5) is 7.07. The van der Waals surface area contributed by atoms with Gasteiger partial charge in [-0.25, -0.2) is 4.99 Å². The largest absolute Gasteiger partial charge is 0.508 e. The number of nitrogens with zero attached hydrogens (tertiary/aromatic N) is 2. The Morgan fingerprint density at radius 1 is 1.23 bits per heavy atom. The van der Waals surface area contributed by atoms with Gasteiger partial charge in [0.1, 0.15) is 5.75 Å². The monoisotopic (exact) mass is 416 g/mol. The number of benzene rings is 2. The molecule has 1 aliphatic rings. The summed E-state index contributed by atoms with van der Waals surface area (Å²) in [6, 6.07) is 15.9. The molecule has 138 valence electrons. The van der Waals surface area contributed by atoms with Crippen LogP contribution in [0.4, 0.5) is 5.69 Å². The Kier molecular flexibility index (Phi) is 6.39. The van der Waals surface area contributed by atoms with Gasteiger partial charge in [0.15, 0.2) is 5.96 Å². The topological polar surface area (TPSA) is 59.9 Å². The Balaban J connectivity index is 1.60. The first-order valence-electron chi connectivity index (χ1n) is 8.98. The van der Waals surface area contributed by atoms with E-state index < -0.39 is 0 Å². The molecule has 0 aliphatic carbocycles. The average Bonchev–Trinajstić information content (AvgIpc) is 3.10. The lowest BCUT2D eigenvalue weighted by atomic mass is 10.2. The molecular weight excluding hydrogens is 392 g/mol. The molecule has 3 rings (SSSR count). The maximum absolute atomic E-state index is 9.38. The van der Waals surface area contributed by atoms with Gasteiger partial charge in [0.25, 0.3) is 0 Å². The van der Waals surface area contributed by atoms with Crippen LogP contribution in [-0.2, 0) is 6.54 Å². The summed E-state index contributed by atoms with van der Waals surface area (Å²) in [6.45, 7) is 5.45. The van der Waals surface area contributed by atoms with Crippen molar-refractivity contribution in [1.82, 2.24) is 10.6 Å². The van der Waals surface area contributed by atoms with Gasteiger partial charge in [-0.3, -0.25) is 0 Å². The first kappa shape index (κ1) is 18.6. The maximum atomic E-state index is 9.38. The lowest BCUT2D eigenvalue weighted by Crippen LogP contribution is -2.44. The fourth-order valence-corrected chi connectivity index (χ4v) is 3.63. The number of aromatic hydroxyl groups is 1. The van der Waals surface area contributed by atoms with Crippen LogP contribution < -0.4 is 15.5 Å². The molecule has 1 heterocycles. The van der Waals surface area contributed by atoms with Crippen LogP contribution in [0.5, 0.6) is 5.75 Å². The Morgan fingerprint density at radius 2 is 2.00 bits per heavy atom. The van der Waals surface area contributed by atoms with Crippen LogP contribution in [0.1, 0.15) is 18.9 Å². The van der Waals surface area contributed by atoms with Crippen molar-refractivity contribution in [3.8, 4) is 5.75 Å². The van der Waals surface area contributed by atoms with E-state index in [0.29, 0.717) is 12.6 Å². The highest BCUT2D eigenvalue weighted by molar-refractivity contribution is 9.10. The number of halogens is 1. The molecule has 0 saturated carbocycles. The van der Waals surface area contributed by atoms with E-state index in [9.17, 15) is 5.11 Å². The molecule has 0 aromatic heterocycles. The second kappa shape index (κ2) is 8.94. The zero-order valence-corrected chi connectivity index (χ0v) is 16.5. The van der Waals surface area contributed by atoms with Crippen molar-refractivity contribution < 1.29 is 5.11 Å². The lowest BCUT2D eigenvalue weighted by Gasteiger charge is -2.21. The smallest absolute Gasteiger partial charge is 0.191 e. The predicted molar refractivity (Wildman–Crippen MR) is 111 cm³/mol. The van der Waals surface area contributed by atoms with Gasteiger partial charge in [-0.2, -0.15) is 0 Å². The number of phenols is 1. The minimum Gasteiger partial charge on any atom is -0.508 e.